The van der Waals surface area contributed by atoms with E-state index in [0.717, 1.165) is 28.9 Å². The number of ether oxygens (including phenoxy) is 1. The quantitative estimate of drug-likeness (QED) is 0.863. The summed E-state index contributed by atoms with van der Waals surface area (Å²) in [5.74, 6) is 0.569. The maximum atomic E-state index is 12.6. The Balaban J connectivity index is 2.20. The molecule has 118 valence electrons. The summed E-state index contributed by atoms with van der Waals surface area (Å²) in [6.45, 7) is 11.8. The van der Waals surface area contributed by atoms with Crippen LogP contribution in [0.25, 0.3) is 0 Å². The molecule has 1 atom stereocenters. The van der Waals surface area contributed by atoms with E-state index in [1.54, 1.807) is 6.92 Å². The molecular weight excluding hydrogens is 276 g/mol. The van der Waals surface area contributed by atoms with Crippen LogP contribution in [0, 0.1) is 27.7 Å². The fraction of sp³-hybridized carbons (Fsp3) is 0.444. The van der Waals surface area contributed by atoms with Crippen LogP contribution in [0.4, 0.5) is 0 Å². The van der Waals surface area contributed by atoms with Gasteiger partial charge in [-0.3, -0.25) is 4.79 Å². The Kier molecular flexibility index (Phi) is 4.69. The van der Waals surface area contributed by atoms with E-state index < -0.39 is 6.10 Å². The molecule has 1 heterocycles. The minimum absolute atomic E-state index is 0.140. The molecule has 0 aliphatic heterocycles. The van der Waals surface area contributed by atoms with Crippen LogP contribution in [0.1, 0.15) is 46.7 Å². The zero-order valence-corrected chi connectivity index (χ0v) is 14.2. The molecular formula is C18H24N2O2. The first-order valence-electron chi connectivity index (χ1n) is 7.68. The van der Waals surface area contributed by atoms with Crippen molar-refractivity contribution in [1.29, 1.82) is 0 Å². The lowest BCUT2D eigenvalue weighted by molar-refractivity contribution is 0.0707. The summed E-state index contributed by atoms with van der Waals surface area (Å²) in [6, 6.07) is 5.85. The van der Waals surface area contributed by atoms with Crippen LogP contribution >= 0.6 is 0 Å². The van der Waals surface area contributed by atoms with Crippen LogP contribution in [0.2, 0.25) is 0 Å². The number of hydrogen-bond donors (Lipinski definition) is 0. The van der Waals surface area contributed by atoms with Crippen LogP contribution in [-0.2, 0) is 6.42 Å². The van der Waals surface area contributed by atoms with Crippen LogP contribution in [0.15, 0.2) is 18.2 Å². The van der Waals surface area contributed by atoms with Gasteiger partial charge in [0.1, 0.15) is 5.75 Å². The molecule has 0 radical (unpaired) electrons. The third-order valence-electron chi connectivity index (χ3n) is 4.14. The molecule has 2 rings (SSSR count). The number of rotatable bonds is 4. The highest BCUT2D eigenvalue weighted by Crippen LogP contribution is 2.19. The van der Waals surface area contributed by atoms with Crippen molar-refractivity contribution < 1.29 is 9.53 Å². The molecule has 0 bridgehead atoms. The van der Waals surface area contributed by atoms with E-state index in [2.05, 4.69) is 18.9 Å². The Morgan fingerprint density at radius 2 is 1.91 bits per heavy atom. The molecule has 4 heteroatoms. The van der Waals surface area contributed by atoms with E-state index in [9.17, 15) is 4.79 Å². The van der Waals surface area contributed by atoms with Gasteiger partial charge in [0, 0.05) is 5.69 Å². The van der Waals surface area contributed by atoms with E-state index in [1.165, 1.54) is 10.2 Å². The number of aromatic nitrogens is 2. The van der Waals surface area contributed by atoms with Crippen molar-refractivity contribution in [3.05, 3.63) is 46.3 Å². The first-order valence-corrected chi connectivity index (χ1v) is 7.68. The Morgan fingerprint density at radius 1 is 1.23 bits per heavy atom. The average Bonchev–Trinajstić information content (AvgIpc) is 2.76. The molecule has 0 aliphatic rings. The SMILES string of the molecule is CCc1c(C)nn(C(=O)[C@H](C)Oc2ccc(C)c(C)c2)c1C. The van der Waals surface area contributed by atoms with Crippen molar-refractivity contribution in [3.8, 4) is 5.75 Å². The second-order valence-electron chi connectivity index (χ2n) is 5.76. The average molecular weight is 300 g/mol. The summed E-state index contributed by atoms with van der Waals surface area (Å²) < 4.78 is 7.27. The van der Waals surface area contributed by atoms with Gasteiger partial charge in [-0.1, -0.05) is 13.0 Å². The topological polar surface area (TPSA) is 44.1 Å². The van der Waals surface area contributed by atoms with Crippen molar-refractivity contribution in [2.24, 2.45) is 0 Å². The molecule has 0 amide bonds. The molecule has 2 aromatic rings. The van der Waals surface area contributed by atoms with Crippen molar-refractivity contribution in [1.82, 2.24) is 9.78 Å². The summed E-state index contributed by atoms with van der Waals surface area (Å²) in [6.07, 6.45) is 0.293. The summed E-state index contributed by atoms with van der Waals surface area (Å²) in [4.78, 5) is 12.6. The first-order chi connectivity index (χ1) is 10.3. The van der Waals surface area contributed by atoms with Gasteiger partial charge in [0.2, 0.25) is 0 Å². The van der Waals surface area contributed by atoms with Gasteiger partial charge in [-0.2, -0.15) is 5.10 Å². The summed E-state index contributed by atoms with van der Waals surface area (Å²) in [7, 11) is 0. The number of benzene rings is 1. The van der Waals surface area contributed by atoms with Crippen molar-refractivity contribution >= 4 is 5.91 Å². The number of carbonyl (C=O) groups excluding carboxylic acids is 1. The minimum Gasteiger partial charge on any atom is -0.481 e. The van der Waals surface area contributed by atoms with Crippen LogP contribution in [0.3, 0.4) is 0 Å². The predicted octanol–water partition coefficient (Wildman–Crippen LogP) is 3.79. The van der Waals surface area contributed by atoms with Gasteiger partial charge in [0.15, 0.2) is 6.10 Å². The molecule has 0 unspecified atom stereocenters. The Morgan fingerprint density at radius 3 is 2.45 bits per heavy atom. The fourth-order valence-electron chi connectivity index (χ4n) is 2.62. The normalized spacial score (nSPS) is 12.3. The standard InChI is InChI=1S/C18H24N2O2/c1-7-17-13(4)19-20(14(17)5)18(21)15(6)22-16-9-8-11(2)12(3)10-16/h8-10,15H,7H2,1-6H3/t15-/m0/s1. The van der Waals surface area contributed by atoms with Crippen LogP contribution in [-0.4, -0.2) is 21.8 Å². The molecule has 1 aromatic carbocycles. The zero-order chi connectivity index (χ0) is 16.4. The number of carbonyl (C=O) groups is 1. The Labute approximate surface area is 132 Å². The second-order valence-corrected chi connectivity index (χ2v) is 5.76. The minimum atomic E-state index is -0.579. The van der Waals surface area contributed by atoms with Gasteiger partial charge in [0.05, 0.1) is 5.69 Å². The molecule has 0 N–H and O–H groups in total. The maximum absolute atomic E-state index is 12.6. The molecule has 0 spiro atoms. The second kappa shape index (κ2) is 6.34. The molecule has 1 aromatic heterocycles. The summed E-state index contributed by atoms with van der Waals surface area (Å²) >= 11 is 0. The smallest absolute Gasteiger partial charge is 0.287 e. The van der Waals surface area contributed by atoms with Gasteiger partial charge >= 0.3 is 0 Å². The first kappa shape index (κ1) is 16.3. The van der Waals surface area contributed by atoms with E-state index in [1.807, 2.05) is 39.0 Å². The van der Waals surface area contributed by atoms with Gasteiger partial charge < -0.3 is 4.74 Å². The van der Waals surface area contributed by atoms with E-state index in [4.69, 9.17) is 4.74 Å². The van der Waals surface area contributed by atoms with Crippen molar-refractivity contribution in [3.63, 3.8) is 0 Å². The van der Waals surface area contributed by atoms with Gasteiger partial charge in [-0.15, -0.1) is 0 Å². The van der Waals surface area contributed by atoms with Crippen LogP contribution in [0.5, 0.6) is 5.75 Å². The lowest BCUT2D eigenvalue weighted by atomic mass is 10.1. The third kappa shape index (κ3) is 3.06. The van der Waals surface area contributed by atoms with Gasteiger partial charge in [-0.25, -0.2) is 4.68 Å². The van der Waals surface area contributed by atoms with E-state index in [-0.39, 0.29) is 5.91 Å². The van der Waals surface area contributed by atoms with Gasteiger partial charge in [0.25, 0.3) is 5.91 Å². The third-order valence-corrected chi connectivity index (χ3v) is 4.14. The Hall–Kier alpha value is -2.10. The Bertz CT molecular complexity index is 701. The highest BCUT2D eigenvalue weighted by Gasteiger charge is 2.22. The fourth-order valence-corrected chi connectivity index (χ4v) is 2.62. The zero-order valence-electron chi connectivity index (χ0n) is 14.2. The van der Waals surface area contributed by atoms with Crippen molar-refractivity contribution in [2.75, 3.05) is 0 Å². The lowest BCUT2D eigenvalue weighted by Crippen LogP contribution is -2.31. The predicted molar refractivity (Wildman–Crippen MR) is 87.7 cm³/mol. The number of nitrogens with zero attached hydrogens (tertiary/aromatic N) is 2. The summed E-state index contributed by atoms with van der Waals surface area (Å²) in [5, 5.41) is 4.36. The molecule has 0 fully saturated rings. The number of aryl methyl sites for hydroxylation is 3. The monoisotopic (exact) mass is 300 g/mol. The largest absolute Gasteiger partial charge is 0.481 e. The van der Waals surface area contributed by atoms with Gasteiger partial charge in [-0.05, 0) is 69.9 Å². The lowest BCUT2D eigenvalue weighted by Gasteiger charge is -2.15. The van der Waals surface area contributed by atoms with Crippen LogP contribution < -0.4 is 4.74 Å². The maximum Gasteiger partial charge on any atom is 0.287 e. The molecule has 22 heavy (non-hydrogen) atoms. The summed E-state index contributed by atoms with van der Waals surface area (Å²) in [5.41, 5.74) is 5.30. The highest BCUT2D eigenvalue weighted by atomic mass is 16.5. The van der Waals surface area contributed by atoms with E-state index >= 15 is 0 Å². The highest BCUT2D eigenvalue weighted by molar-refractivity contribution is 5.83. The molecule has 0 saturated carbocycles. The molecule has 4 nitrogen and oxygen atoms in total. The molecule has 0 saturated heterocycles. The molecule has 0 aliphatic carbocycles. The number of hydrogen-bond acceptors (Lipinski definition) is 3. The van der Waals surface area contributed by atoms with Crippen molar-refractivity contribution in [2.45, 2.75) is 54.1 Å². The van der Waals surface area contributed by atoms with E-state index in [0.29, 0.717) is 5.75 Å².